The van der Waals surface area contributed by atoms with Crippen molar-refractivity contribution < 1.29 is 0 Å². The second-order valence-electron chi connectivity index (χ2n) is 6.41. The SMILES string of the molecule is c1cc(-c2cc(NC3CCCCC3)nc(-c3ccncc3)n2)ccn1. The van der Waals surface area contributed by atoms with Crippen LogP contribution < -0.4 is 5.32 Å². The highest BCUT2D eigenvalue weighted by Crippen LogP contribution is 2.26. The largest absolute Gasteiger partial charge is 0.367 e. The van der Waals surface area contributed by atoms with Crippen LogP contribution >= 0.6 is 0 Å². The molecule has 3 aromatic heterocycles. The Kier molecular flexibility index (Phi) is 4.63. The number of rotatable bonds is 4. The molecule has 1 saturated carbocycles. The molecule has 1 fully saturated rings. The van der Waals surface area contributed by atoms with Crippen LogP contribution in [0.4, 0.5) is 5.82 Å². The van der Waals surface area contributed by atoms with Crippen LogP contribution in [0.5, 0.6) is 0 Å². The second kappa shape index (κ2) is 7.38. The summed E-state index contributed by atoms with van der Waals surface area (Å²) in [6.45, 7) is 0. The molecule has 1 aliphatic carbocycles. The lowest BCUT2D eigenvalue weighted by atomic mass is 9.95. The lowest BCUT2D eigenvalue weighted by molar-refractivity contribution is 0.462. The Morgan fingerprint density at radius 1 is 0.760 bits per heavy atom. The monoisotopic (exact) mass is 331 g/mol. The summed E-state index contributed by atoms with van der Waals surface area (Å²) in [4.78, 5) is 17.7. The fourth-order valence-electron chi connectivity index (χ4n) is 3.28. The Hall–Kier alpha value is -2.82. The zero-order valence-electron chi connectivity index (χ0n) is 14.1. The van der Waals surface area contributed by atoms with Gasteiger partial charge in [0.1, 0.15) is 5.82 Å². The maximum absolute atomic E-state index is 4.76. The van der Waals surface area contributed by atoms with Gasteiger partial charge in [-0.1, -0.05) is 19.3 Å². The van der Waals surface area contributed by atoms with Crippen molar-refractivity contribution in [3.63, 3.8) is 0 Å². The topological polar surface area (TPSA) is 63.6 Å². The van der Waals surface area contributed by atoms with E-state index in [2.05, 4.69) is 15.3 Å². The molecule has 25 heavy (non-hydrogen) atoms. The number of aromatic nitrogens is 4. The first-order valence-electron chi connectivity index (χ1n) is 8.85. The zero-order valence-corrected chi connectivity index (χ0v) is 14.1. The fourth-order valence-corrected chi connectivity index (χ4v) is 3.28. The highest BCUT2D eigenvalue weighted by atomic mass is 15.1. The van der Waals surface area contributed by atoms with Crippen LogP contribution in [0.25, 0.3) is 22.6 Å². The van der Waals surface area contributed by atoms with Gasteiger partial charge in [0.15, 0.2) is 5.82 Å². The van der Waals surface area contributed by atoms with Gasteiger partial charge in [-0.3, -0.25) is 9.97 Å². The second-order valence-corrected chi connectivity index (χ2v) is 6.41. The Bertz CT molecular complexity index is 756. The standard InChI is InChI=1S/C20H21N5/c1-2-4-17(5-3-1)23-19-14-18(15-6-10-21-11-7-15)24-20(25-19)16-8-12-22-13-9-16/h6-14,17H,1-5H2,(H,23,24,25). The molecule has 3 aromatic rings. The Balaban J connectivity index is 1.72. The molecule has 0 spiro atoms. The summed E-state index contributed by atoms with van der Waals surface area (Å²) < 4.78 is 0. The summed E-state index contributed by atoms with van der Waals surface area (Å²) >= 11 is 0. The fraction of sp³-hybridized carbons (Fsp3) is 0.300. The van der Waals surface area contributed by atoms with Gasteiger partial charge in [-0.2, -0.15) is 0 Å². The first-order chi connectivity index (χ1) is 12.4. The smallest absolute Gasteiger partial charge is 0.162 e. The normalized spacial score (nSPS) is 15.0. The van der Waals surface area contributed by atoms with Crippen LogP contribution in [0.2, 0.25) is 0 Å². The molecule has 5 heteroatoms. The molecule has 0 amide bonds. The van der Waals surface area contributed by atoms with E-state index in [0.717, 1.165) is 28.5 Å². The predicted octanol–water partition coefficient (Wildman–Crippen LogP) is 4.35. The molecule has 0 unspecified atom stereocenters. The summed E-state index contributed by atoms with van der Waals surface area (Å²) in [5.41, 5.74) is 2.92. The van der Waals surface area contributed by atoms with Gasteiger partial charge in [0, 0.05) is 48.0 Å². The van der Waals surface area contributed by atoms with Crippen LogP contribution in [0, 0.1) is 0 Å². The van der Waals surface area contributed by atoms with Gasteiger partial charge in [-0.25, -0.2) is 9.97 Å². The minimum atomic E-state index is 0.499. The Morgan fingerprint density at radius 3 is 2.08 bits per heavy atom. The van der Waals surface area contributed by atoms with Crippen LogP contribution in [-0.4, -0.2) is 26.0 Å². The molecule has 3 heterocycles. The van der Waals surface area contributed by atoms with Gasteiger partial charge in [0.05, 0.1) is 5.69 Å². The van der Waals surface area contributed by atoms with Crippen molar-refractivity contribution in [2.45, 2.75) is 38.1 Å². The molecule has 0 aromatic carbocycles. The summed E-state index contributed by atoms with van der Waals surface area (Å²) in [7, 11) is 0. The quantitative estimate of drug-likeness (QED) is 0.770. The van der Waals surface area contributed by atoms with Crippen molar-refractivity contribution in [2.75, 3.05) is 5.32 Å². The van der Waals surface area contributed by atoms with Gasteiger partial charge in [-0.05, 0) is 37.1 Å². The molecule has 0 radical (unpaired) electrons. The molecular formula is C20H21N5. The van der Waals surface area contributed by atoms with E-state index in [9.17, 15) is 0 Å². The van der Waals surface area contributed by atoms with E-state index in [0.29, 0.717) is 6.04 Å². The van der Waals surface area contributed by atoms with Crippen molar-refractivity contribution in [3.05, 3.63) is 55.1 Å². The van der Waals surface area contributed by atoms with E-state index in [1.165, 1.54) is 32.1 Å². The average Bonchev–Trinajstić information content (AvgIpc) is 2.70. The number of anilines is 1. The molecule has 1 aliphatic rings. The number of nitrogens with one attached hydrogen (secondary N) is 1. The lowest BCUT2D eigenvalue weighted by Crippen LogP contribution is -2.23. The van der Waals surface area contributed by atoms with Crippen LogP contribution in [0.3, 0.4) is 0 Å². The summed E-state index contributed by atoms with van der Waals surface area (Å²) in [5.74, 6) is 1.61. The van der Waals surface area contributed by atoms with Gasteiger partial charge >= 0.3 is 0 Å². The predicted molar refractivity (Wildman–Crippen MR) is 99.0 cm³/mol. The van der Waals surface area contributed by atoms with Crippen molar-refractivity contribution in [1.82, 2.24) is 19.9 Å². The first-order valence-corrected chi connectivity index (χ1v) is 8.85. The minimum Gasteiger partial charge on any atom is -0.367 e. The van der Waals surface area contributed by atoms with E-state index in [-0.39, 0.29) is 0 Å². The van der Waals surface area contributed by atoms with E-state index < -0.39 is 0 Å². The molecular weight excluding hydrogens is 310 g/mol. The van der Waals surface area contributed by atoms with E-state index in [1.54, 1.807) is 24.8 Å². The maximum atomic E-state index is 4.76. The third-order valence-corrected chi connectivity index (χ3v) is 4.60. The molecule has 1 N–H and O–H groups in total. The third-order valence-electron chi connectivity index (χ3n) is 4.60. The summed E-state index contributed by atoms with van der Waals surface area (Å²) in [5, 5.41) is 3.62. The Morgan fingerprint density at radius 2 is 1.40 bits per heavy atom. The van der Waals surface area contributed by atoms with Crippen LogP contribution in [0.1, 0.15) is 32.1 Å². The highest BCUT2D eigenvalue weighted by molar-refractivity contribution is 5.67. The summed E-state index contributed by atoms with van der Waals surface area (Å²) in [6, 6.07) is 10.4. The number of nitrogens with zero attached hydrogens (tertiary/aromatic N) is 4. The number of hydrogen-bond acceptors (Lipinski definition) is 5. The average molecular weight is 331 g/mol. The van der Waals surface area contributed by atoms with E-state index in [4.69, 9.17) is 9.97 Å². The Labute approximate surface area is 147 Å². The van der Waals surface area contributed by atoms with Crippen molar-refractivity contribution in [2.24, 2.45) is 0 Å². The van der Waals surface area contributed by atoms with Gasteiger partial charge in [0.2, 0.25) is 0 Å². The van der Waals surface area contributed by atoms with E-state index in [1.807, 2.05) is 30.3 Å². The molecule has 126 valence electrons. The van der Waals surface area contributed by atoms with Gasteiger partial charge in [-0.15, -0.1) is 0 Å². The third kappa shape index (κ3) is 3.82. The van der Waals surface area contributed by atoms with Crippen molar-refractivity contribution in [3.8, 4) is 22.6 Å². The lowest BCUT2D eigenvalue weighted by Gasteiger charge is -2.23. The minimum absolute atomic E-state index is 0.499. The van der Waals surface area contributed by atoms with E-state index >= 15 is 0 Å². The zero-order chi connectivity index (χ0) is 16.9. The molecule has 5 nitrogen and oxygen atoms in total. The molecule has 0 atom stereocenters. The highest BCUT2D eigenvalue weighted by Gasteiger charge is 2.15. The molecule has 0 aliphatic heterocycles. The maximum Gasteiger partial charge on any atom is 0.162 e. The molecule has 0 saturated heterocycles. The molecule has 0 bridgehead atoms. The first kappa shape index (κ1) is 15.7. The number of hydrogen-bond donors (Lipinski definition) is 1. The van der Waals surface area contributed by atoms with Crippen LogP contribution in [-0.2, 0) is 0 Å². The van der Waals surface area contributed by atoms with Crippen molar-refractivity contribution >= 4 is 5.82 Å². The van der Waals surface area contributed by atoms with Crippen LogP contribution in [0.15, 0.2) is 55.1 Å². The summed E-state index contributed by atoms with van der Waals surface area (Å²) in [6.07, 6.45) is 13.5. The van der Waals surface area contributed by atoms with Gasteiger partial charge < -0.3 is 5.32 Å². The molecule has 4 rings (SSSR count). The number of pyridine rings is 2. The van der Waals surface area contributed by atoms with Crippen molar-refractivity contribution in [1.29, 1.82) is 0 Å². The van der Waals surface area contributed by atoms with Gasteiger partial charge in [0.25, 0.3) is 0 Å².